The van der Waals surface area contributed by atoms with Gasteiger partial charge < -0.3 is 4.98 Å². The molecule has 7 heteroatoms. The Morgan fingerprint density at radius 3 is 2.26 bits per heavy atom. The Morgan fingerprint density at radius 2 is 1.61 bits per heavy atom. The van der Waals surface area contributed by atoms with Crippen molar-refractivity contribution in [2.45, 2.75) is 12.7 Å². The van der Waals surface area contributed by atoms with Gasteiger partial charge in [0, 0.05) is 0 Å². The van der Waals surface area contributed by atoms with Gasteiger partial charge in [-0.25, -0.2) is 4.79 Å². The Bertz CT molecular complexity index is 970. The van der Waals surface area contributed by atoms with Gasteiger partial charge in [-0.2, -0.15) is 13.2 Å². The van der Waals surface area contributed by atoms with Crippen molar-refractivity contribution in [3.05, 3.63) is 80.5 Å². The van der Waals surface area contributed by atoms with Crippen LogP contribution in [0, 0.1) is 0 Å². The monoisotopic (exact) mass is 320 g/mol. The molecule has 0 atom stereocenters. The third-order valence-corrected chi connectivity index (χ3v) is 3.51. The summed E-state index contributed by atoms with van der Waals surface area (Å²) >= 11 is 0. The molecule has 3 rings (SSSR count). The number of para-hydroxylation sites is 1. The lowest BCUT2D eigenvalue weighted by atomic mass is 10.1. The van der Waals surface area contributed by atoms with Gasteiger partial charge in [0.2, 0.25) is 0 Å². The second-order valence-electron chi connectivity index (χ2n) is 5.06. The van der Waals surface area contributed by atoms with Gasteiger partial charge in [0.1, 0.15) is 0 Å². The highest BCUT2D eigenvalue weighted by molar-refractivity contribution is 5.76. The molecule has 3 aromatic rings. The Balaban J connectivity index is 2.02. The second kappa shape index (κ2) is 5.42. The molecule has 0 aliphatic rings. The van der Waals surface area contributed by atoms with Crippen molar-refractivity contribution in [2.24, 2.45) is 0 Å². The number of fused-ring (bicyclic) bond motifs is 1. The molecule has 0 saturated heterocycles. The molecule has 23 heavy (non-hydrogen) atoms. The van der Waals surface area contributed by atoms with Crippen LogP contribution >= 0.6 is 0 Å². The van der Waals surface area contributed by atoms with Crippen LogP contribution < -0.4 is 11.2 Å². The number of benzene rings is 2. The van der Waals surface area contributed by atoms with E-state index in [-0.39, 0.29) is 6.54 Å². The zero-order chi connectivity index (χ0) is 16.6. The minimum atomic E-state index is -4.42. The highest BCUT2D eigenvalue weighted by Crippen LogP contribution is 2.29. The number of halogens is 3. The zero-order valence-corrected chi connectivity index (χ0v) is 11.7. The Morgan fingerprint density at radius 1 is 0.957 bits per heavy atom. The standard InChI is InChI=1S/C16H11F3N2O2/c17-16(18,19)11-7-5-10(6-8-11)9-21-14(22)12-3-1-2-4-13(12)20-15(21)23/h1-8H,9H2,(H,20,23). The summed E-state index contributed by atoms with van der Waals surface area (Å²) in [5, 5.41) is 0.346. The van der Waals surface area contributed by atoms with E-state index in [0.29, 0.717) is 16.5 Å². The van der Waals surface area contributed by atoms with E-state index >= 15 is 0 Å². The Hall–Kier alpha value is -2.83. The highest BCUT2D eigenvalue weighted by Gasteiger charge is 2.29. The fourth-order valence-corrected chi connectivity index (χ4v) is 2.32. The molecule has 0 fully saturated rings. The topological polar surface area (TPSA) is 54.9 Å². The van der Waals surface area contributed by atoms with Gasteiger partial charge in [0.25, 0.3) is 5.56 Å². The van der Waals surface area contributed by atoms with Crippen molar-refractivity contribution in [1.82, 2.24) is 9.55 Å². The molecule has 0 unspecified atom stereocenters. The lowest BCUT2D eigenvalue weighted by Gasteiger charge is -2.09. The first-order valence-electron chi connectivity index (χ1n) is 6.74. The molecule has 0 aliphatic heterocycles. The fraction of sp³-hybridized carbons (Fsp3) is 0.125. The lowest BCUT2D eigenvalue weighted by Crippen LogP contribution is -2.35. The average Bonchev–Trinajstić information content (AvgIpc) is 2.51. The van der Waals surface area contributed by atoms with Crippen LogP contribution in [0.2, 0.25) is 0 Å². The van der Waals surface area contributed by atoms with Crippen molar-refractivity contribution >= 4 is 10.9 Å². The third-order valence-electron chi connectivity index (χ3n) is 3.51. The quantitative estimate of drug-likeness (QED) is 0.789. The first kappa shape index (κ1) is 15.1. The lowest BCUT2D eigenvalue weighted by molar-refractivity contribution is -0.137. The number of aromatic amines is 1. The molecular formula is C16H11F3N2O2. The van der Waals surface area contributed by atoms with Crippen molar-refractivity contribution in [2.75, 3.05) is 0 Å². The van der Waals surface area contributed by atoms with Gasteiger partial charge in [0.05, 0.1) is 23.0 Å². The van der Waals surface area contributed by atoms with Crippen LogP contribution in [0.5, 0.6) is 0 Å². The van der Waals surface area contributed by atoms with Crippen molar-refractivity contribution in [3.8, 4) is 0 Å². The summed E-state index contributed by atoms with van der Waals surface area (Å²) in [5.41, 5.74) is -1.01. The van der Waals surface area contributed by atoms with E-state index in [1.54, 1.807) is 24.3 Å². The Labute approximate surface area is 127 Å². The number of nitrogens with zero attached hydrogens (tertiary/aromatic N) is 1. The molecule has 0 radical (unpaired) electrons. The maximum absolute atomic E-state index is 12.5. The SMILES string of the molecule is O=c1[nH]c2ccccc2c(=O)n1Cc1ccc(C(F)(F)F)cc1. The molecule has 0 aliphatic carbocycles. The van der Waals surface area contributed by atoms with Gasteiger partial charge >= 0.3 is 11.9 Å². The van der Waals surface area contributed by atoms with Crippen molar-refractivity contribution < 1.29 is 13.2 Å². The van der Waals surface area contributed by atoms with Crippen LogP contribution in [-0.2, 0) is 12.7 Å². The molecule has 1 heterocycles. The molecule has 0 spiro atoms. The van der Waals surface area contributed by atoms with Crippen molar-refractivity contribution in [3.63, 3.8) is 0 Å². The van der Waals surface area contributed by atoms with E-state index in [1.165, 1.54) is 12.1 Å². The number of H-pyrrole nitrogens is 1. The average molecular weight is 320 g/mol. The number of aromatic nitrogens is 2. The van der Waals surface area contributed by atoms with Crippen LogP contribution in [0.15, 0.2) is 58.1 Å². The van der Waals surface area contributed by atoms with E-state index in [4.69, 9.17) is 0 Å². The molecule has 0 amide bonds. The summed E-state index contributed by atoms with van der Waals surface area (Å²) in [6.45, 7) is -0.100. The maximum atomic E-state index is 12.5. The fourth-order valence-electron chi connectivity index (χ4n) is 2.32. The smallest absolute Gasteiger partial charge is 0.307 e. The van der Waals surface area contributed by atoms with Gasteiger partial charge in [-0.05, 0) is 29.8 Å². The van der Waals surface area contributed by atoms with Crippen molar-refractivity contribution in [1.29, 1.82) is 0 Å². The molecule has 1 aromatic heterocycles. The second-order valence-corrected chi connectivity index (χ2v) is 5.06. The normalized spacial score (nSPS) is 11.8. The summed E-state index contributed by atoms with van der Waals surface area (Å²) in [7, 11) is 0. The van der Waals surface area contributed by atoms with E-state index in [1.807, 2.05) is 0 Å². The molecule has 0 bridgehead atoms. The number of rotatable bonds is 2. The molecule has 118 valence electrons. The van der Waals surface area contributed by atoms with Crippen LogP contribution in [0.1, 0.15) is 11.1 Å². The van der Waals surface area contributed by atoms with E-state index in [2.05, 4.69) is 4.98 Å². The number of hydrogen-bond acceptors (Lipinski definition) is 2. The van der Waals surface area contributed by atoms with E-state index in [0.717, 1.165) is 16.7 Å². The largest absolute Gasteiger partial charge is 0.416 e. The summed E-state index contributed by atoms with van der Waals surface area (Å²) in [6.07, 6.45) is -4.42. The Kier molecular flexibility index (Phi) is 3.55. The van der Waals surface area contributed by atoms with E-state index in [9.17, 15) is 22.8 Å². The summed E-state index contributed by atoms with van der Waals surface area (Å²) < 4.78 is 38.6. The van der Waals surface area contributed by atoms with Gasteiger partial charge in [-0.3, -0.25) is 9.36 Å². The van der Waals surface area contributed by atoms with Gasteiger partial charge in [-0.15, -0.1) is 0 Å². The highest BCUT2D eigenvalue weighted by atomic mass is 19.4. The summed E-state index contributed by atoms with van der Waals surface area (Å²) in [6, 6.07) is 10.9. The molecule has 1 N–H and O–H groups in total. The minimum absolute atomic E-state index is 0.100. The molecular weight excluding hydrogens is 309 g/mol. The predicted octanol–water partition coefficient (Wildman–Crippen LogP) is 2.76. The zero-order valence-electron chi connectivity index (χ0n) is 11.7. The van der Waals surface area contributed by atoms with E-state index < -0.39 is 23.0 Å². The van der Waals surface area contributed by atoms with Crippen LogP contribution in [-0.4, -0.2) is 9.55 Å². The maximum Gasteiger partial charge on any atom is 0.416 e. The van der Waals surface area contributed by atoms with Crippen LogP contribution in [0.4, 0.5) is 13.2 Å². The van der Waals surface area contributed by atoms with Gasteiger partial charge in [0.15, 0.2) is 0 Å². The first-order chi connectivity index (χ1) is 10.9. The van der Waals surface area contributed by atoms with Crippen LogP contribution in [0.25, 0.3) is 10.9 Å². The molecule has 4 nitrogen and oxygen atoms in total. The number of hydrogen-bond donors (Lipinski definition) is 1. The molecule has 2 aromatic carbocycles. The molecule has 0 saturated carbocycles. The van der Waals surface area contributed by atoms with Crippen LogP contribution in [0.3, 0.4) is 0 Å². The summed E-state index contributed by atoms with van der Waals surface area (Å²) in [4.78, 5) is 26.9. The minimum Gasteiger partial charge on any atom is -0.307 e. The van der Waals surface area contributed by atoms with Gasteiger partial charge in [-0.1, -0.05) is 24.3 Å². The number of alkyl halides is 3. The first-order valence-corrected chi connectivity index (χ1v) is 6.74. The third kappa shape index (κ3) is 2.90. The number of nitrogens with one attached hydrogen (secondary N) is 1. The predicted molar refractivity (Wildman–Crippen MR) is 79.4 cm³/mol. The summed E-state index contributed by atoms with van der Waals surface area (Å²) in [5.74, 6) is 0.